The SMILES string of the molecule is CN=C(NCc1ccc(Cl)cc1)NCc1cccc(Cn2ccnc2)c1.I. The molecule has 7 heteroatoms. The molecular weight excluding hydrogens is 473 g/mol. The van der Waals surface area contributed by atoms with Gasteiger partial charge in [0.15, 0.2) is 5.96 Å². The Morgan fingerprint density at radius 2 is 1.74 bits per heavy atom. The van der Waals surface area contributed by atoms with Crippen molar-refractivity contribution in [2.24, 2.45) is 4.99 Å². The second-order valence-electron chi connectivity index (χ2n) is 5.96. The Kier molecular flexibility index (Phi) is 8.60. The first-order valence-corrected chi connectivity index (χ1v) is 8.83. The summed E-state index contributed by atoms with van der Waals surface area (Å²) in [6.45, 7) is 2.22. The number of rotatable bonds is 6. The van der Waals surface area contributed by atoms with Crippen molar-refractivity contribution in [3.8, 4) is 0 Å². The molecular formula is C20H23ClIN5. The molecule has 5 nitrogen and oxygen atoms in total. The van der Waals surface area contributed by atoms with Gasteiger partial charge in [0.1, 0.15) is 0 Å². The van der Waals surface area contributed by atoms with Crippen molar-refractivity contribution in [2.45, 2.75) is 19.6 Å². The van der Waals surface area contributed by atoms with Crippen molar-refractivity contribution in [1.82, 2.24) is 20.2 Å². The number of nitrogens with one attached hydrogen (secondary N) is 2. The van der Waals surface area contributed by atoms with E-state index in [1.54, 1.807) is 13.2 Å². The lowest BCUT2D eigenvalue weighted by Crippen LogP contribution is -2.36. The van der Waals surface area contributed by atoms with Crippen LogP contribution in [-0.4, -0.2) is 22.6 Å². The van der Waals surface area contributed by atoms with Crippen LogP contribution in [0.1, 0.15) is 16.7 Å². The largest absolute Gasteiger partial charge is 0.352 e. The van der Waals surface area contributed by atoms with Crippen molar-refractivity contribution < 1.29 is 0 Å². The van der Waals surface area contributed by atoms with Gasteiger partial charge >= 0.3 is 0 Å². The van der Waals surface area contributed by atoms with Crippen molar-refractivity contribution in [1.29, 1.82) is 0 Å². The molecule has 2 N–H and O–H groups in total. The molecule has 0 saturated carbocycles. The molecule has 0 spiro atoms. The van der Waals surface area contributed by atoms with Gasteiger partial charge in [0.05, 0.1) is 6.33 Å². The predicted molar refractivity (Wildman–Crippen MR) is 122 cm³/mol. The van der Waals surface area contributed by atoms with Crippen LogP contribution in [0.15, 0.2) is 72.2 Å². The van der Waals surface area contributed by atoms with E-state index in [2.05, 4.69) is 49.4 Å². The van der Waals surface area contributed by atoms with E-state index in [-0.39, 0.29) is 24.0 Å². The van der Waals surface area contributed by atoms with Gasteiger partial charge < -0.3 is 15.2 Å². The average molecular weight is 496 g/mol. The minimum atomic E-state index is 0. The van der Waals surface area contributed by atoms with Crippen LogP contribution in [0, 0.1) is 0 Å². The summed E-state index contributed by atoms with van der Waals surface area (Å²) in [7, 11) is 1.77. The number of nitrogens with zero attached hydrogens (tertiary/aromatic N) is 3. The number of hydrogen-bond acceptors (Lipinski definition) is 2. The van der Waals surface area contributed by atoms with Crippen molar-refractivity contribution in [2.75, 3.05) is 7.05 Å². The Bertz CT molecular complexity index is 847. The number of hydrogen-bond donors (Lipinski definition) is 2. The molecule has 142 valence electrons. The number of guanidine groups is 1. The van der Waals surface area contributed by atoms with E-state index in [4.69, 9.17) is 11.6 Å². The fraction of sp³-hybridized carbons (Fsp3) is 0.200. The first-order valence-electron chi connectivity index (χ1n) is 8.45. The highest BCUT2D eigenvalue weighted by atomic mass is 127. The van der Waals surface area contributed by atoms with E-state index >= 15 is 0 Å². The maximum Gasteiger partial charge on any atom is 0.191 e. The minimum Gasteiger partial charge on any atom is -0.352 e. The zero-order valence-electron chi connectivity index (χ0n) is 15.1. The Hall–Kier alpha value is -2.06. The summed E-state index contributed by atoms with van der Waals surface area (Å²) in [5.74, 6) is 0.764. The second kappa shape index (κ2) is 10.9. The first kappa shape index (κ1) is 21.2. The van der Waals surface area contributed by atoms with Crippen LogP contribution in [0.5, 0.6) is 0 Å². The maximum atomic E-state index is 5.92. The lowest BCUT2D eigenvalue weighted by molar-refractivity contribution is 0.787. The van der Waals surface area contributed by atoms with Gasteiger partial charge in [0.2, 0.25) is 0 Å². The summed E-state index contributed by atoms with van der Waals surface area (Å²) in [6.07, 6.45) is 5.59. The molecule has 0 aliphatic rings. The third-order valence-corrected chi connectivity index (χ3v) is 4.22. The molecule has 0 bridgehead atoms. The van der Waals surface area contributed by atoms with E-state index in [1.165, 1.54) is 11.1 Å². The molecule has 0 radical (unpaired) electrons. The number of halogens is 2. The zero-order chi connectivity index (χ0) is 18.2. The van der Waals surface area contributed by atoms with Crippen LogP contribution in [0.2, 0.25) is 5.02 Å². The van der Waals surface area contributed by atoms with Crippen molar-refractivity contribution in [3.63, 3.8) is 0 Å². The average Bonchev–Trinajstić information content (AvgIpc) is 3.16. The Morgan fingerprint density at radius 1 is 1.04 bits per heavy atom. The molecule has 0 amide bonds. The summed E-state index contributed by atoms with van der Waals surface area (Å²) in [4.78, 5) is 8.36. The van der Waals surface area contributed by atoms with Gasteiger partial charge in [0.25, 0.3) is 0 Å². The topological polar surface area (TPSA) is 54.2 Å². The molecule has 0 aliphatic heterocycles. The summed E-state index contributed by atoms with van der Waals surface area (Å²) < 4.78 is 2.05. The van der Waals surface area contributed by atoms with E-state index in [0.29, 0.717) is 13.1 Å². The van der Waals surface area contributed by atoms with E-state index in [1.807, 2.05) is 36.8 Å². The van der Waals surface area contributed by atoms with E-state index < -0.39 is 0 Å². The van der Waals surface area contributed by atoms with Gasteiger partial charge in [-0.2, -0.15) is 0 Å². The van der Waals surface area contributed by atoms with Gasteiger partial charge in [-0.1, -0.05) is 48.0 Å². The molecule has 0 saturated heterocycles. The number of aliphatic imine (C=N–C) groups is 1. The monoisotopic (exact) mass is 495 g/mol. The summed E-state index contributed by atoms with van der Waals surface area (Å²) >= 11 is 5.92. The summed E-state index contributed by atoms with van der Waals surface area (Å²) in [6, 6.07) is 16.3. The van der Waals surface area contributed by atoms with Crippen LogP contribution in [-0.2, 0) is 19.6 Å². The van der Waals surface area contributed by atoms with Crippen molar-refractivity contribution >= 4 is 41.5 Å². The first-order chi connectivity index (χ1) is 12.7. The molecule has 1 heterocycles. The highest BCUT2D eigenvalue weighted by molar-refractivity contribution is 14.0. The normalized spacial score (nSPS) is 11.0. The molecule has 0 unspecified atom stereocenters. The Labute approximate surface area is 181 Å². The number of aromatic nitrogens is 2. The van der Waals surface area contributed by atoms with Crippen LogP contribution >= 0.6 is 35.6 Å². The van der Waals surface area contributed by atoms with Crippen LogP contribution in [0.4, 0.5) is 0 Å². The van der Waals surface area contributed by atoms with Crippen LogP contribution in [0.25, 0.3) is 0 Å². The van der Waals surface area contributed by atoms with Gasteiger partial charge in [-0.25, -0.2) is 4.98 Å². The Balaban J connectivity index is 0.00000261. The van der Waals surface area contributed by atoms with Gasteiger partial charge in [0, 0.05) is 44.1 Å². The number of imidazole rings is 1. The minimum absolute atomic E-state index is 0. The maximum absolute atomic E-state index is 5.92. The standard InChI is InChI=1S/C20H22ClN5.HI/c1-22-20(24-12-16-5-7-19(21)8-6-16)25-13-17-3-2-4-18(11-17)14-26-10-9-23-15-26;/h2-11,15H,12-14H2,1H3,(H2,22,24,25);1H. The van der Waals surface area contributed by atoms with Gasteiger partial charge in [-0.15, -0.1) is 24.0 Å². The zero-order valence-corrected chi connectivity index (χ0v) is 18.2. The van der Waals surface area contributed by atoms with Crippen LogP contribution in [0.3, 0.4) is 0 Å². The molecule has 0 aliphatic carbocycles. The predicted octanol–water partition coefficient (Wildman–Crippen LogP) is 4.07. The summed E-state index contributed by atoms with van der Waals surface area (Å²) in [5, 5.41) is 7.40. The second-order valence-corrected chi connectivity index (χ2v) is 6.40. The summed E-state index contributed by atoms with van der Waals surface area (Å²) in [5.41, 5.74) is 3.60. The molecule has 0 atom stereocenters. The smallest absolute Gasteiger partial charge is 0.191 e. The lowest BCUT2D eigenvalue weighted by Gasteiger charge is -2.13. The third kappa shape index (κ3) is 6.88. The highest BCUT2D eigenvalue weighted by Crippen LogP contribution is 2.09. The van der Waals surface area contributed by atoms with E-state index in [0.717, 1.165) is 23.1 Å². The molecule has 3 aromatic rings. The fourth-order valence-corrected chi connectivity index (χ4v) is 2.75. The quantitative estimate of drug-likeness (QED) is 0.308. The Morgan fingerprint density at radius 3 is 2.41 bits per heavy atom. The van der Waals surface area contributed by atoms with E-state index in [9.17, 15) is 0 Å². The van der Waals surface area contributed by atoms with Gasteiger partial charge in [-0.05, 0) is 28.8 Å². The fourth-order valence-electron chi connectivity index (χ4n) is 2.62. The molecule has 1 aromatic heterocycles. The van der Waals surface area contributed by atoms with Crippen molar-refractivity contribution in [3.05, 3.63) is 89.0 Å². The molecule has 3 rings (SSSR count). The molecule has 27 heavy (non-hydrogen) atoms. The molecule has 0 fully saturated rings. The van der Waals surface area contributed by atoms with Gasteiger partial charge in [-0.3, -0.25) is 4.99 Å². The third-order valence-electron chi connectivity index (χ3n) is 3.97. The number of benzene rings is 2. The lowest BCUT2D eigenvalue weighted by atomic mass is 10.1. The highest BCUT2D eigenvalue weighted by Gasteiger charge is 2.01. The van der Waals surface area contributed by atoms with Crippen LogP contribution < -0.4 is 10.6 Å². The molecule has 2 aromatic carbocycles.